The highest BCUT2D eigenvalue weighted by atomic mass is 19.1. The summed E-state index contributed by atoms with van der Waals surface area (Å²) in [4.78, 5) is 0. The van der Waals surface area contributed by atoms with E-state index in [9.17, 15) is 4.39 Å². The lowest BCUT2D eigenvalue weighted by Gasteiger charge is -2.32. The predicted molar refractivity (Wildman–Crippen MR) is 62.5 cm³/mol. The Morgan fingerprint density at radius 3 is 2.94 bits per heavy atom. The summed E-state index contributed by atoms with van der Waals surface area (Å²) in [5.74, 6) is 0.855. The van der Waals surface area contributed by atoms with Gasteiger partial charge in [-0.2, -0.15) is 0 Å². The van der Waals surface area contributed by atoms with Crippen molar-refractivity contribution in [1.29, 1.82) is 0 Å². The van der Waals surface area contributed by atoms with E-state index < -0.39 is 5.67 Å². The van der Waals surface area contributed by atoms with E-state index in [2.05, 4.69) is 11.4 Å². The van der Waals surface area contributed by atoms with Crippen molar-refractivity contribution in [3.8, 4) is 5.75 Å². The van der Waals surface area contributed by atoms with E-state index in [-0.39, 0.29) is 6.04 Å². The van der Waals surface area contributed by atoms with Crippen LogP contribution in [0.15, 0.2) is 24.3 Å². The molecule has 0 aromatic heterocycles. The highest BCUT2D eigenvalue weighted by molar-refractivity contribution is 5.30. The summed E-state index contributed by atoms with van der Waals surface area (Å²) < 4.78 is 18.8. The van der Waals surface area contributed by atoms with E-state index in [4.69, 9.17) is 4.74 Å². The topological polar surface area (TPSA) is 21.3 Å². The molecule has 0 radical (unpaired) electrons. The van der Waals surface area contributed by atoms with Crippen molar-refractivity contribution in [3.63, 3.8) is 0 Å². The van der Waals surface area contributed by atoms with Crippen molar-refractivity contribution in [2.24, 2.45) is 0 Å². The monoisotopic (exact) mass is 223 g/mol. The van der Waals surface area contributed by atoms with Crippen molar-refractivity contribution >= 4 is 0 Å². The number of nitrogens with one attached hydrogen (secondary N) is 1. The third-order valence-electron chi connectivity index (χ3n) is 3.17. The third-order valence-corrected chi connectivity index (χ3v) is 3.17. The Hall–Kier alpha value is -1.09. The van der Waals surface area contributed by atoms with Crippen molar-refractivity contribution in [3.05, 3.63) is 29.8 Å². The highest BCUT2D eigenvalue weighted by Crippen LogP contribution is 2.31. The Morgan fingerprint density at radius 2 is 2.31 bits per heavy atom. The van der Waals surface area contributed by atoms with Crippen LogP contribution in [0.5, 0.6) is 5.75 Å². The zero-order chi connectivity index (χ0) is 11.6. The Morgan fingerprint density at radius 1 is 1.50 bits per heavy atom. The van der Waals surface area contributed by atoms with Gasteiger partial charge in [0.05, 0.1) is 7.11 Å². The summed E-state index contributed by atoms with van der Waals surface area (Å²) in [7, 11) is 1.66. The molecule has 2 atom stereocenters. The van der Waals surface area contributed by atoms with Crippen LogP contribution < -0.4 is 10.1 Å². The van der Waals surface area contributed by atoms with Gasteiger partial charge in [0.25, 0.3) is 0 Å². The first-order chi connectivity index (χ1) is 7.61. The van der Waals surface area contributed by atoms with Crippen molar-refractivity contribution in [2.75, 3.05) is 13.7 Å². The third kappa shape index (κ3) is 2.53. The number of methoxy groups -OCH3 is 1. The molecule has 2 rings (SSSR count). The van der Waals surface area contributed by atoms with Crippen LogP contribution in [0.2, 0.25) is 0 Å². The van der Waals surface area contributed by atoms with Crippen molar-refractivity contribution in [1.82, 2.24) is 5.32 Å². The summed E-state index contributed by atoms with van der Waals surface area (Å²) in [6.45, 7) is 2.08. The van der Waals surface area contributed by atoms with Gasteiger partial charge in [-0.15, -0.1) is 0 Å². The first-order valence-corrected chi connectivity index (χ1v) is 5.67. The molecule has 1 heterocycles. The molecule has 3 heteroatoms. The van der Waals surface area contributed by atoms with Gasteiger partial charge in [0.1, 0.15) is 11.4 Å². The fourth-order valence-electron chi connectivity index (χ4n) is 2.11. The molecule has 0 amide bonds. The molecule has 1 aliphatic rings. The minimum absolute atomic E-state index is 0.249. The molecule has 16 heavy (non-hydrogen) atoms. The largest absolute Gasteiger partial charge is 0.497 e. The standard InChI is InChI=1S/C13H18FNO/c1-13(14)7-6-12(15-9-13)10-4-3-5-11(8-10)16-2/h3-5,8,12,15H,6-7,9H2,1-2H3. The fourth-order valence-corrected chi connectivity index (χ4v) is 2.11. The van der Waals surface area contributed by atoms with Gasteiger partial charge in [0.15, 0.2) is 0 Å². The van der Waals surface area contributed by atoms with Gasteiger partial charge in [-0.1, -0.05) is 12.1 Å². The molecule has 1 aromatic carbocycles. The number of piperidine rings is 1. The molecule has 2 nitrogen and oxygen atoms in total. The highest BCUT2D eigenvalue weighted by Gasteiger charge is 2.30. The number of halogens is 1. The number of rotatable bonds is 2. The normalized spacial score (nSPS) is 30.1. The maximum atomic E-state index is 13.6. The van der Waals surface area contributed by atoms with Crippen molar-refractivity contribution < 1.29 is 9.13 Å². The molecular formula is C13H18FNO. The van der Waals surface area contributed by atoms with Crippen LogP contribution in [-0.2, 0) is 0 Å². The molecule has 88 valence electrons. The smallest absolute Gasteiger partial charge is 0.120 e. The van der Waals surface area contributed by atoms with Crippen LogP contribution in [0.25, 0.3) is 0 Å². The minimum Gasteiger partial charge on any atom is -0.497 e. The second-order valence-corrected chi connectivity index (χ2v) is 4.66. The van der Waals surface area contributed by atoms with Crippen molar-refractivity contribution in [2.45, 2.75) is 31.5 Å². The van der Waals surface area contributed by atoms with Gasteiger partial charge in [-0.25, -0.2) is 4.39 Å². The van der Waals surface area contributed by atoms with Crippen LogP contribution in [0.1, 0.15) is 31.4 Å². The summed E-state index contributed by atoms with van der Waals surface area (Å²) in [6, 6.07) is 8.21. The van der Waals surface area contributed by atoms with Crippen LogP contribution in [0, 0.1) is 0 Å². The molecule has 1 aliphatic heterocycles. The van der Waals surface area contributed by atoms with Crippen LogP contribution >= 0.6 is 0 Å². The number of ether oxygens (including phenoxy) is 1. The maximum Gasteiger partial charge on any atom is 0.120 e. The fraction of sp³-hybridized carbons (Fsp3) is 0.538. The summed E-state index contributed by atoms with van der Waals surface area (Å²) in [6.07, 6.45) is 1.45. The predicted octanol–water partition coefficient (Wildman–Crippen LogP) is 2.85. The van der Waals surface area contributed by atoms with E-state index in [1.165, 1.54) is 5.56 Å². The van der Waals surface area contributed by atoms with Gasteiger partial charge in [0, 0.05) is 12.6 Å². The lowest BCUT2D eigenvalue weighted by molar-refractivity contribution is 0.125. The SMILES string of the molecule is COc1cccc(C2CCC(C)(F)CN2)c1. The molecule has 1 saturated heterocycles. The zero-order valence-electron chi connectivity index (χ0n) is 9.79. The quantitative estimate of drug-likeness (QED) is 0.832. The number of alkyl halides is 1. The summed E-state index contributed by atoms with van der Waals surface area (Å²) >= 11 is 0. The molecule has 0 aliphatic carbocycles. The number of hydrogen-bond donors (Lipinski definition) is 1. The lowest BCUT2D eigenvalue weighted by Crippen LogP contribution is -2.41. The van der Waals surface area contributed by atoms with Gasteiger partial charge in [-0.3, -0.25) is 0 Å². The van der Waals surface area contributed by atoms with E-state index in [1.807, 2.05) is 18.2 Å². The first-order valence-electron chi connectivity index (χ1n) is 5.67. The Bertz CT molecular complexity index is 355. The molecule has 1 fully saturated rings. The maximum absolute atomic E-state index is 13.6. The second-order valence-electron chi connectivity index (χ2n) is 4.66. The van der Waals surface area contributed by atoms with E-state index in [0.29, 0.717) is 13.0 Å². The van der Waals surface area contributed by atoms with Crippen LogP contribution in [0.3, 0.4) is 0 Å². The molecule has 1 aromatic rings. The van der Waals surface area contributed by atoms with E-state index in [0.717, 1.165) is 12.2 Å². The Kier molecular flexibility index (Phi) is 3.15. The van der Waals surface area contributed by atoms with Gasteiger partial charge in [0.2, 0.25) is 0 Å². The zero-order valence-corrected chi connectivity index (χ0v) is 9.79. The number of hydrogen-bond acceptors (Lipinski definition) is 2. The Balaban J connectivity index is 2.08. The molecule has 1 N–H and O–H groups in total. The first kappa shape index (κ1) is 11.4. The average molecular weight is 223 g/mol. The Labute approximate surface area is 95.8 Å². The average Bonchev–Trinajstić information content (AvgIpc) is 2.29. The molecule has 2 unspecified atom stereocenters. The molecule has 0 saturated carbocycles. The van der Waals surface area contributed by atoms with Gasteiger partial charge < -0.3 is 10.1 Å². The van der Waals surface area contributed by atoms with E-state index >= 15 is 0 Å². The van der Waals surface area contributed by atoms with Gasteiger partial charge >= 0.3 is 0 Å². The minimum atomic E-state index is -1.06. The lowest BCUT2D eigenvalue weighted by atomic mass is 9.90. The molecule has 0 spiro atoms. The second kappa shape index (κ2) is 4.42. The van der Waals surface area contributed by atoms with Crippen LogP contribution in [-0.4, -0.2) is 19.3 Å². The molecular weight excluding hydrogens is 205 g/mol. The van der Waals surface area contributed by atoms with Crippen LogP contribution in [0.4, 0.5) is 4.39 Å². The molecule has 0 bridgehead atoms. The summed E-state index contributed by atoms with van der Waals surface area (Å²) in [5, 5.41) is 3.25. The number of benzene rings is 1. The van der Waals surface area contributed by atoms with Gasteiger partial charge in [-0.05, 0) is 37.5 Å². The van der Waals surface area contributed by atoms with E-state index in [1.54, 1.807) is 14.0 Å². The summed E-state index contributed by atoms with van der Waals surface area (Å²) in [5.41, 5.74) is 0.116.